The molecule has 0 bridgehead atoms. The Balaban J connectivity index is 1.53. The molecule has 2 amide bonds. The molecule has 4 aromatic rings. The van der Waals surface area contributed by atoms with E-state index >= 15 is 0 Å². The number of para-hydroxylation sites is 1. The van der Waals surface area contributed by atoms with Crippen LogP contribution < -0.4 is 10.6 Å². The Labute approximate surface area is 169 Å². The fourth-order valence-corrected chi connectivity index (χ4v) is 4.21. The highest BCUT2D eigenvalue weighted by atomic mass is 32.1. The lowest BCUT2D eigenvalue weighted by molar-refractivity contribution is 0.252. The standard InChI is InChI=1S/C21H16FN3OS2/c22-17-9-3-1-7-15(17)20-24-19(13-28-20)16-8-2-4-10-18(16)25-21(26)23-12-14-6-5-11-27-14/h1-11,13H,12H2,(H2,23,25,26). The van der Waals surface area contributed by atoms with Crippen LogP contribution in [0.3, 0.4) is 0 Å². The summed E-state index contributed by atoms with van der Waals surface area (Å²) in [7, 11) is 0. The fourth-order valence-electron chi connectivity index (χ4n) is 2.72. The first-order chi connectivity index (χ1) is 13.7. The molecule has 0 saturated heterocycles. The molecule has 0 aliphatic rings. The van der Waals surface area contributed by atoms with Gasteiger partial charge in [0.1, 0.15) is 10.8 Å². The van der Waals surface area contributed by atoms with Gasteiger partial charge in [-0.15, -0.1) is 22.7 Å². The third-order valence-corrected chi connectivity index (χ3v) is 5.81. The molecule has 7 heteroatoms. The van der Waals surface area contributed by atoms with Gasteiger partial charge < -0.3 is 10.6 Å². The summed E-state index contributed by atoms with van der Waals surface area (Å²) < 4.78 is 14.0. The number of thiophene rings is 1. The molecule has 0 atom stereocenters. The van der Waals surface area contributed by atoms with Crippen LogP contribution in [0.2, 0.25) is 0 Å². The molecule has 2 aromatic heterocycles. The van der Waals surface area contributed by atoms with Crippen molar-refractivity contribution in [1.29, 1.82) is 0 Å². The van der Waals surface area contributed by atoms with Crippen LogP contribution in [0.1, 0.15) is 4.88 Å². The molecule has 140 valence electrons. The van der Waals surface area contributed by atoms with Crippen molar-refractivity contribution < 1.29 is 9.18 Å². The SMILES string of the molecule is O=C(NCc1cccs1)Nc1ccccc1-c1csc(-c2ccccc2F)n1. The van der Waals surface area contributed by atoms with Crippen molar-refractivity contribution >= 4 is 34.4 Å². The summed E-state index contributed by atoms with van der Waals surface area (Å²) in [5.74, 6) is -0.303. The molecule has 0 unspecified atom stereocenters. The van der Waals surface area contributed by atoms with E-state index in [1.807, 2.05) is 47.2 Å². The zero-order valence-corrected chi connectivity index (χ0v) is 16.3. The van der Waals surface area contributed by atoms with Crippen LogP contribution in [0.4, 0.5) is 14.9 Å². The van der Waals surface area contributed by atoms with E-state index in [0.29, 0.717) is 28.5 Å². The topological polar surface area (TPSA) is 54.0 Å². The third-order valence-electron chi connectivity index (χ3n) is 4.06. The van der Waals surface area contributed by atoms with Gasteiger partial charge in [0.15, 0.2) is 0 Å². The van der Waals surface area contributed by atoms with E-state index in [2.05, 4.69) is 15.6 Å². The maximum absolute atomic E-state index is 14.0. The first-order valence-corrected chi connectivity index (χ1v) is 10.3. The van der Waals surface area contributed by atoms with Gasteiger partial charge in [-0.25, -0.2) is 14.2 Å². The molecule has 0 aliphatic carbocycles. The second-order valence-electron chi connectivity index (χ2n) is 5.95. The Morgan fingerprint density at radius 1 is 0.964 bits per heavy atom. The largest absolute Gasteiger partial charge is 0.333 e. The van der Waals surface area contributed by atoms with Crippen LogP contribution in [0.15, 0.2) is 71.4 Å². The molecular weight excluding hydrogens is 393 g/mol. The Morgan fingerprint density at radius 3 is 2.54 bits per heavy atom. The number of hydrogen-bond donors (Lipinski definition) is 2. The third kappa shape index (κ3) is 4.11. The van der Waals surface area contributed by atoms with Crippen molar-refractivity contribution in [2.75, 3.05) is 5.32 Å². The number of carbonyl (C=O) groups is 1. The average molecular weight is 410 g/mol. The minimum Gasteiger partial charge on any atom is -0.333 e. The summed E-state index contributed by atoms with van der Waals surface area (Å²) in [6, 6.07) is 17.6. The highest BCUT2D eigenvalue weighted by Gasteiger charge is 2.14. The first kappa shape index (κ1) is 18.3. The number of amides is 2. The highest BCUT2D eigenvalue weighted by molar-refractivity contribution is 7.13. The number of hydrogen-bond acceptors (Lipinski definition) is 4. The summed E-state index contributed by atoms with van der Waals surface area (Å²) in [5, 5.41) is 10.2. The van der Waals surface area contributed by atoms with Crippen molar-refractivity contribution in [3.05, 3.63) is 82.1 Å². The number of carbonyl (C=O) groups excluding carboxylic acids is 1. The molecule has 2 aromatic carbocycles. The fraction of sp³-hybridized carbons (Fsp3) is 0.0476. The van der Waals surface area contributed by atoms with Crippen LogP contribution in [0.25, 0.3) is 21.8 Å². The Bertz CT molecular complexity index is 1090. The summed E-state index contributed by atoms with van der Waals surface area (Å²) in [5.41, 5.74) is 2.60. The molecule has 28 heavy (non-hydrogen) atoms. The van der Waals surface area contributed by atoms with Gasteiger partial charge in [0.25, 0.3) is 0 Å². The quantitative estimate of drug-likeness (QED) is 0.425. The van der Waals surface area contributed by atoms with Crippen molar-refractivity contribution in [1.82, 2.24) is 10.3 Å². The first-order valence-electron chi connectivity index (χ1n) is 8.58. The zero-order chi connectivity index (χ0) is 19.3. The van der Waals surface area contributed by atoms with Crippen LogP contribution >= 0.6 is 22.7 Å². The van der Waals surface area contributed by atoms with Gasteiger partial charge in [-0.05, 0) is 29.6 Å². The summed E-state index contributed by atoms with van der Waals surface area (Å²) in [6.45, 7) is 0.472. The lowest BCUT2D eigenvalue weighted by Crippen LogP contribution is -2.28. The predicted octanol–water partition coefficient (Wildman–Crippen LogP) is 6.00. The zero-order valence-electron chi connectivity index (χ0n) is 14.7. The molecule has 4 nitrogen and oxygen atoms in total. The van der Waals surface area contributed by atoms with E-state index < -0.39 is 0 Å². The smallest absolute Gasteiger partial charge is 0.319 e. The molecular formula is C21H16FN3OS2. The Morgan fingerprint density at radius 2 is 1.75 bits per heavy atom. The van der Waals surface area contributed by atoms with E-state index in [1.54, 1.807) is 29.5 Å². The minimum atomic E-state index is -0.303. The molecule has 4 rings (SSSR count). The maximum atomic E-state index is 14.0. The number of thiazole rings is 1. The van der Waals surface area contributed by atoms with Gasteiger partial charge in [0.2, 0.25) is 0 Å². The average Bonchev–Trinajstić information content (AvgIpc) is 3.39. The Kier molecular flexibility index (Phi) is 5.45. The lowest BCUT2D eigenvalue weighted by Gasteiger charge is -2.10. The monoisotopic (exact) mass is 409 g/mol. The maximum Gasteiger partial charge on any atom is 0.319 e. The number of benzene rings is 2. The van der Waals surface area contributed by atoms with Crippen LogP contribution in [-0.4, -0.2) is 11.0 Å². The summed E-state index contributed by atoms with van der Waals surface area (Å²) in [4.78, 5) is 17.9. The Hall–Kier alpha value is -3.03. The van der Waals surface area contributed by atoms with Gasteiger partial charge in [-0.3, -0.25) is 0 Å². The van der Waals surface area contributed by atoms with E-state index in [1.165, 1.54) is 17.4 Å². The normalized spacial score (nSPS) is 10.6. The number of rotatable bonds is 5. The van der Waals surface area contributed by atoms with Crippen molar-refractivity contribution in [2.24, 2.45) is 0 Å². The van der Waals surface area contributed by atoms with Gasteiger partial charge in [-0.1, -0.05) is 36.4 Å². The number of nitrogens with zero attached hydrogens (tertiary/aromatic N) is 1. The number of nitrogens with one attached hydrogen (secondary N) is 2. The van der Waals surface area contributed by atoms with E-state index in [9.17, 15) is 9.18 Å². The molecule has 0 fully saturated rings. The minimum absolute atomic E-state index is 0.287. The predicted molar refractivity (Wildman–Crippen MR) is 113 cm³/mol. The van der Waals surface area contributed by atoms with Gasteiger partial charge in [0.05, 0.1) is 17.9 Å². The van der Waals surface area contributed by atoms with E-state index in [0.717, 1.165) is 10.4 Å². The van der Waals surface area contributed by atoms with E-state index in [4.69, 9.17) is 0 Å². The van der Waals surface area contributed by atoms with Gasteiger partial charge in [0, 0.05) is 21.4 Å². The highest BCUT2D eigenvalue weighted by Crippen LogP contribution is 2.33. The van der Waals surface area contributed by atoms with Crippen molar-refractivity contribution in [3.63, 3.8) is 0 Å². The van der Waals surface area contributed by atoms with Crippen LogP contribution in [0, 0.1) is 5.82 Å². The molecule has 0 aliphatic heterocycles. The molecule has 2 N–H and O–H groups in total. The number of halogens is 1. The van der Waals surface area contributed by atoms with Gasteiger partial charge in [-0.2, -0.15) is 0 Å². The van der Waals surface area contributed by atoms with E-state index in [-0.39, 0.29) is 11.8 Å². The van der Waals surface area contributed by atoms with Gasteiger partial charge >= 0.3 is 6.03 Å². The molecule has 0 radical (unpaired) electrons. The van der Waals surface area contributed by atoms with Crippen LogP contribution in [0.5, 0.6) is 0 Å². The van der Waals surface area contributed by atoms with Crippen molar-refractivity contribution in [3.8, 4) is 21.8 Å². The lowest BCUT2D eigenvalue weighted by atomic mass is 10.1. The number of aromatic nitrogens is 1. The number of anilines is 1. The van der Waals surface area contributed by atoms with Crippen LogP contribution in [-0.2, 0) is 6.54 Å². The molecule has 0 saturated carbocycles. The number of urea groups is 1. The summed E-state index contributed by atoms with van der Waals surface area (Å²) >= 11 is 2.96. The second kappa shape index (κ2) is 8.33. The second-order valence-corrected chi connectivity index (χ2v) is 7.84. The summed E-state index contributed by atoms with van der Waals surface area (Å²) in [6.07, 6.45) is 0. The molecule has 0 spiro atoms. The van der Waals surface area contributed by atoms with Crippen molar-refractivity contribution in [2.45, 2.75) is 6.54 Å². The molecule has 2 heterocycles.